The van der Waals surface area contributed by atoms with Crippen LogP contribution in [0.3, 0.4) is 0 Å². The highest BCUT2D eigenvalue weighted by molar-refractivity contribution is 6.75. The smallest absolute Gasteiger partial charge is 0.330 e. The average molecular weight is 1130 g/mol. The summed E-state index contributed by atoms with van der Waals surface area (Å²) in [5.41, 5.74) is 2.13. The van der Waals surface area contributed by atoms with E-state index < -0.39 is 61.4 Å². The summed E-state index contributed by atoms with van der Waals surface area (Å²) >= 11 is 0. The maximum absolute atomic E-state index is 14.3. The monoisotopic (exact) mass is 1130 g/mol. The average Bonchev–Trinajstić information content (AvgIpc) is 3.69. The highest BCUT2D eigenvalue weighted by atomic mass is 28.4. The number of ether oxygens (including phenoxy) is 6. The normalized spacial score (nSPS) is 38.2. The van der Waals surface area contributed by atoms with Gasteiger partial charge in [0.15, 0.2) is 30.7 Å². The van der Waals surface area contributed by atoms with Crippen molar-refractivity contribution in [2.24, 2.45) is 23.7 Å². The molecule has 0 aliphatic carbocycles. The highest BCUT2D eigenvalue weighted by Crippen LogP contribution is 2.48. The van der Waals surface area contributed by atoms with Crippen molar-refractivity contribution in [3.63, 3.8) is 0 Å². The molecule has 0 saturated carbocycles. The molecular formula is C63H110O11Si3. The van der Waals surface area contributed by atoms with E-state index in [9.17, 15) is 9.59 Å². The van der Waals surface area contributed by atoms with Crippen LogP contribution >= 0.6 is 0 Å². The van der Waals surface area contributed by atoms with Crippen LogP contribution in [0.25, 0.3) is 0 Å². The molecular weight excluding hydrogens is 1020 g/mol. The lowest BCUT2D eigenvalue weighted by atomic mass is 9.78. The molecule has 6 rings (SSSR count). The lowest BCUT2D eigenvalue weighted by Gasteiger charge is -2.54. The van der Waals surface area contributed by atoms with E-state index in [1.54, 1.807) is 12.2 Å². The van der Waals surface area contributed by atoms with Crippen molar-refractivity contribution >= 4 is 36.7 Å². The molecule has 18 atom stereocenters. The number of allylic oxidation sites excluding steroid dienone is 2. The number of rotatable bonds is 8. The van der Waals surface area contributed by atoms with Gasteiger partial charge < -0.3 is 41.7 Å². The van der Waals surface area contributed by atoms with Crippen molar-refractivity contribution in [2.45, 2.75) is 314 Å². The number of esters is 1. The van der Waals surface area contributed by atoms with Gasteiger partial charge >= 0.3 is 5.97 Å². The van der Waals surface area contributed by atoms with Crippen molar-refractivity contribution in [1.29, 1.82) is 0 Å². The Hall–Kier alpha value is -1.57. The van der Waals surface area contributed by atoms with Gasteiger partial charge in [-0.1, -0.05) is 129 Å². The molecule has 0 aromatic rings. The first-order chi connectivity index (χ1) is 35.5. The molecule has 440 valence electrons. The van der Waals surface area contributed by atoms with E-state index in [0.29, 0.717) is 38.0 Å². The van der Waals surface area contributed by atoms with E-state index in [4.69, 9.17) is 41.7 Å². The van der Waals surface area contributed by atoms with Gasteiger partial charge in [0.1, 0.15) is 12.2 Å². The molecule has 14 heteroatoms. The SMILES string of the molecule is C=C1CC2CCC(=O)C=CC(O[Si](C)(C)C(C)(C)C)C3OC(CCC=CC(=O)OC4C(CC5OC(CCC1O2)CC(C)C5=C)OC1CC(C)C(CCC)OC1C4C)C(C)C(O[Si](C)(C)C(C)(C)C)C3O[Si](C)(C)C(C)(C)C. The Morgan fingerprint density at radius 1 is 0.610 bits per heavy atom. The van der Waals surface area contributed by atoms with Crippen LogP contribution in [0.1, 0.15) is 174 Å². The van der Waals surface area contributed by atoms with Crippen molar-refractivity contribution in [1.82, 2.24) is 0 Å². The summed E-state index contributed by atoms with van der Waals surface area (Å²) in [4.78, 5) is 28.5. The summed E-state index contributed by atoms with van der Waals surface area (Å²) in [7, 11) is -7.40. The van der Waals surface area contributed by atoms with Gasteiger partial charge in [0.25, 0.3) is 0 Å². The Labute approximate surface area is 471 Å². The maximum atomic E-state index is 14.3. The molecule has 5 fully saturated rings. The predicted molar refractivity (Wildman–Crippen MR) is 319 cm³/mol. The summed E-state index contributed by atoms with van der Waals surface area (Å²) in [5.74, 6) is 0.0566. The number of ketones is 1. The van der Waals surface area contributed by atoms with E-state index in [2.05, 4.69) is 149 Å². The third-order valence-corrected chi connectivity index (χ3v) is 33.6. The van der Waals surface area contributed by atoms with Gasteiger partial charge in [0.05, 0.1) is 73.2 Å². The minimum Gasteiger partial charge on any atom is -0.456 e. The molecule has 18 unspecified atom stereocenters. The number of carbonyl (C=O) groups is 2. The molecule has 0 aromatic heterocycles. The molecule has 0 radical (unpaired) electrons. The van der Waals surface area contributed by atoms with E-state index >= 15 is 0 Å². The van der Waals surface area contributed by atoms with E-state index in [1.165, 1.54) is 0 Å². The first-order valence-electron chi connectivity index (χ1n) is 30.3. The summed E-state index contributed by atoms with van der Waals surface area (Å²) in [6, 6.07) is 0. The molecule has 6 bridgehead atoms. The van der Waals surface area contributed by atoms with E-state index in [0.717, 1.165) is 56.1 Å². The van der Waals surface area contributed by atoms with Gasteiger partial charge in [-0.25, -0.2) is 4.79 Å². The van der Waals surface area contributed by atoms with Crippen molar-refractivity contribution in [3.05, 3.63) is 48.6 Å². The van der Waals surface area contributed by atoms with Crippen LogP contribution in [0.15, 0.2) is 48.6 Å². The van der Waals surface area contributed by atoms with Gasteiger partial charge in [0.2, 0.25) is 0 Å². The zero-order chi connectivity index (χ0) is 57.4. The third-order valence-electron chi connectivity index (χ3n) is 20.2. The zero-order valence-electron chi connectivity index (χ0n) is 52.1. The van der Waals surface area contributed by atoms with Gasteiger partial charge in [-0.3, -0.25) is 4.79 Å². The topological polar surface area (TPSA) is 117 Å². The summed E-state index contributed by atoms with van der Waals surface area (Å²) in [5, 5.41) is -0.311. The van der Waals surface area contributed by atoms with Crippen molar-refractivity contribution < 1.29 is 51.3 Å². The lowest BCUT2D eigenvalue weighted by molar-refractivity contribution is -0.263. The molecule has 11 nitrogen and oxygen atoms in total. The lowest BCUT2D eigenvalue weighted by Crippen LogP contribution is -2.65. The fraction of sp³-hybridized carbons (Fsp3) is 0.841. The molecule has 0 aromatic carbocycles. The van der Waals surface area contributed by atoms with Crippen LogP contribution < -0.4 is 0 Å². The number of carbonyl (C=O) groups excluding carboxylic acids is 2. The molecule has 0 spiro atoms. The van der Waals surface area contributed by atoms with E-state index in [1.807, 2.05) is 12.2 Å². The van der Waals surface area contributed by atoms with Crippen molar-refractivity contribution in [3.8, 4) is 0 Å². The van der Waals surface area contributed by atoms with Gasteiger partial charge in [-0.05, 0) is 141 Å². The largest absolute Gasteiger partial charge is 0.456 e. The van der Waals surface area contributed by atoms with Crippen LogP contribution in [0.4, 0.5) is 0 Å². The Morgan fingerprint density at radius 3 is 1.83 bits per heavy atom. The second kappa shape index (κ2) is 25.5. The standard InChI is InChI=1S/C63H110O11Si3/c1-23-26-48-41(4)37-53-56(69-48)44(7)57-54(68-53)38-52-42(5)39(2)35-47(67-52)32-34-49-40(3)36-46(66-49)31-29-45(64)30-33-51(72-75(17,18)61(8,9)10)59-60(74-77(21,22)63(14,15)16)58(73-76(19,20)62(11,12)13)43(6)50(70-59)27-24-25-28-55(65)71-57/h25,28,30,33,39,41,43-44,46-54,56-60H,3,5,23-24,26-27,29,31-32,34-38H2,1-2,4,6-22H3. The maximum Gasteiger partial charge on any atom is 0.330 e. The van der Waals surface area contributed by atoms with Crippen LogP contribution in [0, 0.1) is 23.7 Å². The molecule has 5 saturated heterocycles. The second-order valence-corrected chi connectivity index (χ2v) is 43.6. The quantitative estimate of drug-likeness (QED) is 0.131. The molecule has 6 aliphatic heterocycles. The predicted octanol–water partition coefficient (Wildman–Crippen LogP) is 15.0. The Balaban J connectivity index is 1.40. The minimum atomic E-state index is -2.50. The Bertz CT molecular complexity index is 2080. The fourth-order valence-corrected chi connectivity index (χ4v) is 15.8. The minimum absolute atomic E-state index is 0.000194. The summed E-state index contributed by atoms with van der Waals surface area (Å²) in [6.45, 7) is 54.4. The molecule has 6 heterocycles. The zero-order valence-corrected chi connectivity index (χ0v) is 55.1. The second-order valence-electron chi connectivity index (χ2n) is 29.4. The van der Waals surface area contributed by atoms with Gasteiger partial charge in [-0.2, -0.15) is 0 Å². The Kier molecular flexibility index (Phi) is 21.4. The van der Waals surface area contributed by atoms with Crippen LogP contribution in [0.2, 0.25) is 54.4 Å². The first kappa shape index (κ1) is 64.6. The van der Waals surface area contributed by atoms with Crippen LogP contribution in [-0.2, 0) is 51.3 Å². The van der Waals surface area contributed by atoms with Crippen molar-refractivity contribution in [2.75, 3.05) is 0 Å². The fourth-order valence-electron chi connectivity index (χ4n) is 11.9. The van der Waals surface area contributed by atoms with Crippen LogP contribution in [-0.4, -0.2) is 122 Å². The number of hydrogen-bond acceptors (Lipinski definition) is 11. The number of fused-ring (bicyclic) bond motifs is 8. The summed E-state index contributed by atoms with van der Waals surface area (Å²) < 4.78 is 64.5. The van der Waals surface area contributed by atoms with Gasteiger partial charge in [0, 0.05) is 30.8 Å². The number of hydrogen-bond donors (Lipinski definition) is 0. The van der Waals surface area contributed by atoms with Crippen LogP contribution in [0.5, 0.6) is 0 Å². The third kappa shape index (κ3) is 15.8. The molecule has 77 heavy (non-hydrogen) atoms. The molecule has 0 amide bonds. The molecule has 0 N–H and O–H groups in total. The highest BCUT2D eigenvalue weighted by Gasteiger charge is 2.56. The Morgan fingerprint density at radius 2 is 1.21 bits per heavy atom. The summed E-state index contributed by atoms with van der Waals surface area (Å²) in [6.07, 6.45) is 12.2. The van der Waals surface area contributed by atoms with E-state index in [-0.39, 0.29) is 93.6 Å². The van der Waals surface area contributed by atoms with Gasteiger partial charge in [-0.15, -0.1) is 0 Å². The molecule has 6 aliphatic rings. The first-order valence-corrected chi connectivity index (χ1v) is 39.0.